The Balaban J connectivity index is 1.41. The highest BCUT2D eigenvalue weighted by Crippen LogP contribution is 2.38. The Bertz CT molecular complexity index is 1460. The van der Waals surface area contributed by atoms with Crippen molar-refractivity contribution in [3.05, 3.63) is 87.7 Å². The molecule has 0 atom stereocenters. The van der Waals surface area contributed by atoms with Gasteiger partial charge in [-0.05, 0) is 54.7 Å². The Morgan fingerprint density at radius 2 is 1.84 bits per heavy atom. The summed E-state index contributed by atoms with van der Waals surface area (Å²) < 4.78 is 6.25. The maximum absolute atomic E-state index is 12.5. The van der Waals surface area contributed by atoms with E-state index in [1.165, 1.54) is 0 Å². The number of nitrogens with one attached hydrogen (secondary N) is 2. The van der Waals surface area contributed by atoms with Crippen LogP contribution in [-0.4, -0.2) is 47.1 Å². The maximum atomic E-state index is 12.5. The lowest BCUT2D eigenvalue weighted by Crippen LogP contribution is -2.50. The number of rotatable bonds is 6. The van der Waals surface area contributed by atoms with Crippen molar-refractivity contribution in [3.8, 4) is 17.1 Å². The zero-order valence-electron chi connectivity index (χ0n) is 20.9. The molecule has 0 spiro atoms. The number of hydrogen-bond donors (Lipinski definition) is 2. The molecule has 9 heteroatoms. The van der Waals surface area contributed by atoms with E-state index >= 15 is 0 Å². The van der Waals surface area contributed by atoms with Crippen molar-refractivity contribution in [2.45, 2.75) is 25.2 Å². The van der Waals surface area contributed by atoms with Gasteiger partial charge in [0.2, 0.25) is 0 Å². The number of amides is 2. The third-order valence-electron chi connectivity index (χ3n) is 7.13. The van der Waals surface area contributed by atoms with Gasteiger partial charge in [0.25, 0.3) is 6.01 Å². The molecule has 7 nitrogen and oxygen atoms in total. The van der Waals surface area contributed by atoms with Gasteiger partial charge in [-0.25, -0.2) is 9.64 Å². The zero-order valence-corrected chi connectivity index (χ0v) is 22.4. The van der Waals surface area contributed by atoms with Gasteiger partial charge in [-0.2, -0.15) is 4.98 Å². The van der Waals surface area contributed by atoms with Crippen LogP contribution in [0.3, 0.4) is 0 Å². The number of benzene rings is 3. The van der Waals surface area contributed by atoms with Crippen molar-refractivity contribution in [1.82, 2.24) is 20.2 Å². The lowest BCUT2D eigenvalue weighted by atomic mass is 9.73. The number of urea groups is 1. The van der Waals surface area contributed by atoms with Crippen molar-refractivity contribution in [1.29, 1.82) is 0 Å². The van der Waals surface area contributed by atoms with Crippen LogP contribution >= 0.6 is 23.2 Å². The summed E-state index contributed by atoms with van der Waals surface area (Å²) in [5.41, 5.74) is 4.92. The molecule has 4 aromatic rings. The number of aromatic amines is 1. The van der Waals surface area contributed by atoms with E-state index in [4.69, 9.17) is 34.5 Å². The fourth-order valence-electron chi connectivity index (χ4n) is 4.94. The second-order valence-electron chi connectivity index (χ2n) is 9.46. The summed E-state index contributed by atoms with van der Waals surface area (Å²) in [6, 6.07) is 19.8. The van der Waals surface area contributed by atoms with Gasteiger partial charge in [0.15, 0.2) is 5.69 Å². The molecule has 2 N–H and O–H groups in total. The lowest BCUT2D eigenvalue weighted by Gasteiger charge is -2.41. The number of nitrogens with zero attached hydrogens (tertiary/aromatic N) is 3. The minimum Gasteiger partial charge on any atom is -0.464 e. The van der Waals surface area contributed by atoms with E-state index in [0.717, 1.165) is 35.0 Å². The first-order chi connectivity index (χ1) is 18.4. The van der Waals surface area contributed by atoms with E-state index in [2.05, 4.69) is 44.4 Å². The average Bonchev–Trinajstić information content (AvgIpc) is 3.34. The number of likely N-dealkylation sites (tertiary alicyclic amines) is 1. The number of aromatic nitrogens is 2. The molecular formula is C29H27Cl2N5O2. The Kier molecular flexibility index (Phi) is 7.46. The molecule has 0 unspecified atom stereocenters. The first-order valence-electron chi connectivity index (χ1n) is 12.5. The van der Waals surface area contributed by atoms with E-state index in [9.17, 15) is 4.79 Å². The monoisotopic (exact) mass is 547 g/mol. The van der Waals surface area contributed by atoms with Gasteiger partial charge in [0.1, 0.15) is 6.61 Å². The Morgan fingerprint density at radius 1 is 1.11 bits per heavy atom. The predicted octanol–water partition coefficient (Wildman–Crippen LogP) is 7.23. The van der Waals surface area contributed by atoms with E-state index in [1.807, 2.05) is 30.0 Å². The second kappa shape index (κ2) is 10.9. The van der Waals surface area contributed by atoms with Gasteiger partial charge >= 0.3 is 6.03 Å². The van der Waals surface area contributed by atoms with Crippen LogP contribution in [0.4, 0.5) is 10.5 Å². The predicted molar refractivity (Wildman–Crippen MR) is 151 cm³/mol. The minimum absolute atomic E-state index is 0.0388. The second-order valence-corrected chi connectivity index (χ2v) is 10.3. The summed E-state index contributed by atoms with van der Waals surface area (Å²) in [5, 5.41) is 3.79. The third kappa shape index (κ3) is 5.28. The lowest BCUT2D eigenvalue weighted by molar-refractivity contribution is 0.117. The number of piperidine rings is 1. The molecule has 2 heterocycles. The number of imidazole rings is 1. The fourth-order valence-corrected chi connectivity index (χ4v) is 5.27. The van der Waals surface area contributed by atoms with E-state index in [0.29, 0.717) is 53.5 Å². The van der Waals surface area contributed by atoms with Crippen molar-refractivity contribution in [2.75, 3.05) is 26.2 Å². The van der Waals surface area contributed by atoms with Gasteiger partial charge < -0.3 is 19.9 Å². The standard InChI is InChI=1S/C29H27Cl2N5O2/c1-3-33-28(37)36-13-11-29(12-14-36,18-38-27-34-25-16-23(30)24(31)17-26(25)35-27)21-9-7-19(8-10-21)20-5-4-6-22(15-20)32-2/h4-10,15-17H,3,11-14,18H2,1H3,(H,33,37)(H,34,35). The van der Waals surface area contributed by atoms with E-state index < -0.39 is 0 Å². The molecule has 1 fully saturated rings. The first-order valence-corrected chi connectivity index (χ1v) is 13.3. The summed E-state index contributed by atoms with van der Waals surface area (Å²) in [4.78, 5) is 25.6. The van der Waals surface area contributed by atoms with Crippen molar-refractivity contribution in [2.24, 2.45) is 0 Å². The molecule has 1 saturated heterocycles. The summed E-state index contributed by atoms with van der Waals surface area (Å²) in [5.74, 6) is 0. The van der Waals surface area contributed by atoms with Crippen LogP contribution in [0.25, 0.3) is 27.0 Å². The molecule has 194 valence electrons. The molecule has 38 heavy (non-hydrogen) atoms. The van der Waals surface area contributed by atoms with Crippen LogP contribution in [0.15, 0.2) is 60.7 Å². The number of hydrogen-bond acceptors (Lipinski definition) is 3. The van der Waals surface area contributed by atoms with Gasteiger partial charge in [0, 0.05) is 25.0 Å². The topological polar surface area (TPSA) is 74.6 Å². The smallest absolute Gasteiger partial charge is 0.317 e. The van der Waals surface area contributed by atoms with Crippen LogP contribution in [0.5, 0.6) is 6.01 Å². The molecule has 0 radical (unpaired) electrons. The first kappa shape index (κ1) is 25.9. The van der Waals surface area contributed by atoms with Gasteiger partial charge in [-0.3, -0.25) is 0 Å². The molecule has 1 aliphatic rings. The van der Waals surface area contributed by atoms with Crippen molar-refractivity contribution < 1.29 is 9.53 Å². The van der Waals surface area contributed by atoms with E-state index in [-0.39, 0.29) is 11.4 Å². The molecule has 1 aromatic heterocycles. The molecule has 3 aromatic carbocycles. The molecule has 1 aliphatic heterocycles. The highest BCUT2D eigenvalue weighted by molar-refractivity contribution is 6.42. The van der Waals surface area contributed by atoms with Crippen molar-refractivity contribution >= 4 is 46.0 Å². The highest BCUT2D eigenvalue weighted by Gasteiger charge is 2.38. The number of fused-ring (bicyclic) bond motifs is 1. The Labute approximate surface area is 231 Å². The van der Waals surface area contributed by atoms with Crippen LogP contribution < -0.4 is 10.1 Å². The molecule has 0 saturated carbocycles. The number of carbonyl (C=O) groups is 1. The van der Waals surface area contributed by atoms with Crippen LogP contribution in [0.1, 0.15) is 25.3 Å². The highest BCUT2D eigenvalue weighted by atomic mass is 35.5. The molecule has 2 amide bonds. The SMILES string of the molecule is [C-]#[N+]c1cccc(-c2ccc(C3(COc4nc5cc(Cl)c(Cl)cc5[nH]4)CCN(C(=O)NCC)CC3)cc2)c1. The fraction of sp³-hybridized carbons (Fsp3) is 0.276. The number of carbonyl (C=O) groups excluding carboxylic acids is 1. The molecular weight excluding hydrogens is 521 g/mol. The molecule has 5 rings (SSSR count). The minimum atomic E-state index is -0.311. The zero-order chi connectivity index (χ0) is 26.7. The van der Waals surface area contributed by atoms with Gasteiger partial charge in [-0.15, -0.1) is 0 Å². The van der Waals surface area contributed by atoms with Crippen LogP contribution in [-0.2, 0) is 5.41 Å². The van der Waals surface area contributed by atoms with Gasteiger partial charge in [0.05, 0.1) is 27.7 Å². The maximum Gasteiger partial charge on any atom is 0.317 e. The summed E-state index contributed by atoms with van der Waals surface area (Å²) in [6.07, 6.45) is 1.49. The summed E-state index contributed by atoms with van der Waals surface area (Å²) in [7, 11) is 0. The van der Waals surface area contributed by atoms with E-state index in [1.54, 1.807) is 18.2 Å². The number of H-pyrrole nitrogens is 1. The summed E-state index contributed by atoms with van der Waals surface area (Å²) >= 11 is 12.3. The quantitative estimate of drug-likeness (QED) is 0.250. The largest absolute Gasteiger partial charge is 0.464 e. The third-order valence-corrected chi connectivity index (χ3v) is 7.85. The van der Waals surface area contributed by atoms with Crippen LogP contribution in [0.2, 0.25) is 10.0 Å². The Hall–Kier alpha value is -3.73. The Morgan fingerprint density at radius 3 is 2.55 bits per heavy atom. The molecule has 0 bridgehead atoms. The van der Waals surface area contributed by atoms with Crippen molar-refractivity contribution in [3.63, 3.8) is 0 Å². The average molecular weight is 548 g/mol. The number of ether oxygens (including phenoxy) is 1. The van der Waals surface area contributed by atoms with Gasteiger partial charge in [-0.1, -0.05) is 65.7 Å². The summed E-state index contributed by atoms with van der Waals surface area (Å²) in [6.45, 7) is 11.5. The normalized spacial score (nSPS) is 14.7. The van der Waals surface area contributed by atoms with Crippen LogP contribution in [0, 0.1) is 6.57 Å². The molecule has 0 aliphatic carbocycles. The number of halogens is 2.